The van der Waals surface area contributed by atoms with Gasteiger partial charge in [-0.1, -0.05) is 13.8 Å². The van der Waals surface area contributed by atoms with E-state index in [0.29, 0.717) is 0 Å². The molecule has 0 bridgehead atoms. The zero-order valence-corrected chi connectivity index (χ0v) is 6.35. The zero-order chi connectivity index (χ0) is 7.65. The quantitative estimate of drug-likeness (QED) is 0.391. The highest BCUT2D eigenvalue weighted by Crippen LogP contribution is 2.17. The molecule has 0 spiro atoms. The summed E-state index contributed by atoms with van der Waals surface area (Å²) in [5.41, 5.74) is 5.27. The number of carboxylic acids is 1. The number of carbonyl (C=O) groups is 1. The maximum absolute atomic E-state index is 10.3. The molecule has 0 aromatic rings. The molecule has 0 saturated carbocycles. The number of hydrogen-bond donors (Lipinski definition) is 3. The van der Waals surface area contributed by atoms with Crippen LogP contribution in [0.5, 0.6) is 0 Å². The minimum atomic E-state index is -1.39. The molecule has 0 aliphatic rings. The van der Waals surface area contributed by atoms with Gasteiger partial charge in [0, 0.05) is 0 Å². The van der Waals surface area contributed by atoms with Crippen LogP contribution in [0.25, 0.3) is 0 Å². The molecule has 0 rings (SSSR count). The summed E-state index contributed by atoms with van der Waals surface area (Å²) in [5, 5.41) is 8.41. The van der Waals surface area contributed by atoms with Crippen LogP contribution >= 0.6 is 12.6 Å². The second-order valence-corrected chi connectivity index (χ2v) is 3.03. The summed E-state index contributed by atoms with van der Waals surface area (Å²) in [4.78, 5) is 8.87. The van der Waals surface area contributed by atoms with E-state index in [9.17, 15) is 4.79 Å². The summed E-state index contributed by atoms with van der Waals surface area (Å²) in [5.74, 6) is -1.25. The highest BCUT2D eigenvalue weighted by Gasteiger charge is 2.32. The van der Waals surface area contributed by atoms with Gasteiger partial charge in [-0.15, -0.1) is 12.6 Å². The first kappa shape index (κ1) is 8.78. The Bertz CT molecular complexity index is 122. The SMILES string of the molecule is CC(C)[C@@](N)(S)C(=O)O. The van der Waals surface area contributed by atoms with Crippen LogP contribution in [0.3, 0.4) is 0 Å². The minimum Gasteiger partial charge on any atom is -0.479 e. The Kier molecular flexibility index (Phi) is 2.51. The molecule has 54 valence electrons. The molecule has 0 heterocycles. The van der Waals surface area contributed by atoms with E-state index >= 15 is 0 Å². The van der Waals surface area contributed by atoms with Gasteiger partial charge >= 0.3 is 5.97 Å². The molecule has 0 unspecified atom stereocenters. The Labute approximate surface area is 59.6 Å². The van der Waals surface area contributed by atoms with Gasteiger partial charge in [-0.2, -0.15) is 0 Å². The minimum absolute atomic E-state index is 0.168. The fraction of sp³-hybridized carbons (Fsp3) is 0.800. The molecule has 9 heavy (non-hydrogen) atoms. The molecule has 3 N–H and O–H groups in total. The maximum Gasteiger partial charge on any atom is 0.334 e. The van der Waals surface area contributed by atoms with Crippen molar-refractivity contribution < 1.29 is 9.90 Å². The van der Waals surface area contributed by atoms with Crippen LogP contribution in [-0.2, 0) is 4.79 Å². The van der Waals surface area contributed by atoms with E-state index in [2.05, 4.69) is 12.6 Å². The van der Waals surface area contributed by atoms with E-state index in [1.807, 2.05) is 0 Å². The normalized spacial score (nSPS) is 17.4. The molecule has 4 heteroatoms. The molecule has 0 amide bonds. The van der Waals surface area contributed by atoms with Gasteiger partial charge in [0.2, 0.25) is 0 Å². The summed E-state index contributed by atoms with van der Waals surface area (Å²) < 4.78 is 0. The maximum atomic E-state index is 10.3. The molecule has 0 aliphatic heterocycles. The average molecular weight is 149 g/mol. The highest BCUT2D eigenvalue weighted by atomic mass is 32.1. The lowest BCUT2D eigenvalue weighted by atomic mass is 10.1. The fourth-order valence-corrected chi connectivity index (χ4v) is 0.247. The first-order valence-electron chi connectivity index (χ1n) is 2.63. The average Bonchev–Trinajstić information content (AvgIpc) is 1.65. The molecule has 0 radical (unpaired) electrons. The summed E-state index contributed by atoms with van der Waals surface area (Å²) >= 11 is 3.75. The summed E-state index contributed by atoms with van der Waals surface area (Å²) in [6, 6.07) is 0. The predicted molar refractivity (Wildman–Crippen MR) is 38.4 cm³/mol. The lowest BCUT2D eigenvalue weighted by molar-refractivity contribution is -0.140. The van der Waals surface area contributed by atoms with Crippen molar-refractivity contribution in [3.05, 3.63) is 0 Å². The molecule has 0 aliphatic carbocycles. The lowest BCUT2D eigenvalue weighted by Gasteiger charge is -2.21. The van der Waals surface area contributed by atoms with Crippen molar-refractivity contribution in [2.45, 2.75) is 18.7 Å². The number of aliphatic carboxylic acids is 1. The van der Waals surface area contributed by atoms with Crippen molar-refractivity contribution in [2.24, 2.45) is 11.7 Å². The Balaban J connectivity index is 4.19. The van der Waals surface area contributed by atoms with E-state index in [-0.39, 0.29) is 5.92 Å². The van der Waals surface area contributed by atoms with E-state index < -0.39 is 10.8 Å². The third-order valence-corrected chi connectivity index (χ3v) is 1.93. The van der Waals surface area contributed by atoms with Crippen LogP contribution in [0.1, 0.15) is 13.8 Å². The Morgan fingerprint density at radius 2 is 2.11 bits per heavy atom. The summed E-state index contributed by atoms with van der Waals surface area (Å²) in [6.07, 6.45) is 0. The Hall–Kier alpha value is -0.220. The van der Waals surface area contributed by atoms with Crippen molar-refractivity contribution in [1.29, 1.82) is 0 Å². The molecule has 0 aromatic heterocycles. The number of thiol groups is 1. The standard InChI is InChI=1S/C5H11NO2S/c1-3(2)5(6,9)4(7)8/h3,9H,6H2,1-2H3,(H,7,8)/t5-/m1/s1. The van der Waals surface area contributed by atoms with Gasteiger partial charge in [0.15, 0.2) is 4.87 Å². The Morgan fingerprint density at radius 3 is 2.11 bits per heavy atom. The summed E-state index contributed by atoms with van der Waals surface area (Å²) in [6.45, 7) is 3.42. The van der Waals surface area contributed by atoms with Crippen LogP contribution < -0.4 is 5.73 Å². The lowest BCUT2D eigenvalue weighted by Crippen LogP contribution is -2.47. The first-order valence-corrected chi connectivity index (χ1v) is 3.08. The van der Waals surface area contributed by atoms with Crippen LogP contribution in [0.2, 0.25) is 0 Å². The van der Waals surface area contributed by atoms with Gasteiger partial charge in [-0.05, 0) is 5.92 Å². The third-order valence-electron chi connectivity index (χ3n) is 1.22. The molecule has 0 fully saturated rings. The molecular weight excluding hydrogens is 138 g/mol. The van der Waals surface area contributed by atoms with E-state index in [0.717, 1.165) is 0 Å². The number of hydrogen-bond acceptors (Lipinski definition) is 3. The monoisotopic (exact) mass is 149 g/mol. The number of carboxylic acid groups (broad SMARTS) is 1. The second kappa shape index (κ2) is 2.58. The van der Waals surface area contributed by atoms with E-state index in [1.54, 1.807) is 13.8 Å². The van der Waals surface area contributed by atoms with Crippen molar-refractivity contribution in [3.8, 4) is 0 Å². The second-order valence-electron chi connectivity index (χ2n) is 2.29. The van der Waals surface area contributed by atoms with E-state index in [1.165, 1.54) is 0 Å². The predicted octanol–water partition coefficient (Wildman–Crippen LogP) is 0.312. The van der Waals surface area contributed by atoms with Gasteiger partial charge in [0.1, 0.15) is 0 Å². The fourth-order valence-electron chi connectivity index (χ4n) is 0.247. The molecular formula is C5H11NO2S. The molecule has 3 nitrogen and oxygen atoms in total. The van der Waals surface area contributed by atoms with Gasteiger partial charge in [-0.25, -0.2) is 4.79 Å². The van der Waals surface area contributed by atoms with Crippen LogP contribution in [0.4, 0.5) is 0 Å². The van der Waals surface area contributed by atoms with Crippen LogP contribution in [0, 0.1) is 5.92 Å². The number of rotatable bonds is 2. The van der Waals surface area contributed by atoms with Crippen molar-refractivity contribution in [3.63, 3.8) is 0 Å². The topological polar surface area (TPSA) is 63.3 Å². The van der Waals surface area contributed by atoms with Crippen molar-refractivity contribution in [2.75, 3.05) is 0 Å². The summed E-state index contributed by atoms with van der Waals surface area (Å²) in [7, 11) is 0. The van der Waals surface area contributed by atoms with Crippen LogP contribution in [-0.4, -0.2) is 15.9 Å². The van der Waals surface area contributed by atoms with Gasteiger partial charge in [0.25, 0.3) is 0 Å². The van der Waals surface area contributed by atoms with Crippen molar-refractivity contribution in [1.82, 2.24) is 0 Å². The zero-order valence-electron chi connectivity index (χ0n) is 5.46. The highest BCUT2D eigenvalue weighted by molar-refractivity contribution is 7.82. The van der Waals surface area contributed by atoms with Gasteiger partial charge in [0.05, 0.1) is 0 Å². The Morgan fingerprint density at radius 1 is 1.78 bits per heavy atom. The van der Waals surface area contributed by atoms with E-state index in [4.69, 9.17) is 10.8 Å². The van der Waals surface area contributed by atoms with Gasteiger partial charge in [-0.3, -0.25) is 0 Å². The smallest absolute Gasteiger partial charge is 0.334 e. The van der Waals surface area contributed by atoms with Crippen LogP contribution in [0.15, 0.2) is 0 Å². The third kappa shape index (κ3) is 1.87. The molecule has 1 atom stereocenters. The van der Waals surface area contributed by atoms with Gasteiger partial charge < -0.3 is 10.8 Å². The number of nitrogens with two attached hydrogens (primary N) is 1. The first-order chi connectivity index (χ1) is 3.89. The molecule has 0 saturated heterocycles. The molecule has 0 aromatic carbocycles. The van der Waals surface area contributed by atoms with Crippen molar-refractivity contribution >= 4 is 18.6 Å². The largest absolute Gasteiger partial charge is 0.479 e.